The van der Waals surface area contributed by atoms with Gasteiger partial charge in [-0.15, -0.1) is 0 Å². The molecule has 0 aliphatic carbocycles. The Morgan fingerprint density at radius 1 is 1.24 bits per heavy atom. The van der Waals surface area contributed by atoms with Gasteiger partial charge in [0, 0.05) is 26.2 Å². The number of amides is 2. The van der Waals surface area contributed by atoms with E-state index in [0.717, 1.165) is 31.1 Å². The molecule has 0 atom stereocenters. The molecule has 8 heteroatoms. The molecular formula is C13H19N5O2S. The fraction of sp³-hybridized carbons (Fsp3) is 0.615. The maximum absolute atomic E-state index is 12.5. The Morgan fingerprint density at radius 3 is 2.71 bits per heavy atom. The average molecular weight is 309 g/mol. The van der Waals surface area contributed by atoms with Crippen LogP contribution < -0.4 is 16.0 Å². The predicted molar refractivity (Wildman–Crippen MR) is 81.5 cm³/mol. The largest absolute Gasteiger partial charge is 0.382 e. The molecule has 2 fully saturated rings. The molecule has 0 spiro atoms. The molecule has 2 saturated heterocycles. The highest BCUT2D eigenvalue weighted by Gasteiger charge is 2.27. The number of piperazine rings is 1. The molecule has 2 amide bonds. The van der Waals surface area contributed by atoms with Crippen LogP contribution in [0.1, 0.15) is 28.9 Å². The number of carbonyl (C=O) groups is 2. The van der Waals surface area contributed by atoms with Crippen molar-refractivity contribution in [3.05, 3.63) is 4.88 Å². The highest BCUT2D eigenvalue weighted by Crippen LogP contribution is 2.31. The fourth-order valence-corrected chi connectivity index (χ4v) is 3.65. The number of thiazole rings is 1. The van der Waals surface area contributed by atoms with E-state index in [1.54, 1.807) is 0 Å². The van der Waals surface area contributed by atoms with Crippen LogP contribution in [0.2, 0.25) is 0 Å². The quantitative estimate of drug-likeness (QED) is 0.819. The van der Waals surface area contributed by atoms with Crippen molar-refractivity contribution in [3.63, 3.8) is 0 Å². The van der Waals surface area contributed by atoms with Gasteiger partial charge in [0.1, 0.15) is 10.7 Å². The summed E-state index contributed by atoms with van der Waals surface area (Å²) in [7, 11) is 0. The number of hydrogen-bond donors (Lipinski definition) is 2. The summed E-state index contributed by atoms with van der Waals surface area (Å²) in [5.41, 5.74) is 5.91. The number of nitrogens with zero attached hydrogens (tertiary/aromatic N) is 3. The first-order valence-electron chi connectivity index (χ1n) is 7.22. The number of nitrogens with one attached hydrogen (secondary N) is 1. The minimum absolute atomic E-state index is 0.0925. The number of carbonyl (C=O) groups excluding carboxylic acids is 2. The first kappa shape index (κ1) is 14.1. The number of anilines is 2. The van der Waals surface area contributed by atoms with Crippen molar-refractivity contribution >= 4 is 34.1 Å². The van der Waals surface area contributed by atoms with E-state index >= 15 is 0 Å². The molecule has 7 nitrogen and oxygen atoms in total. The van der Waals surface area contributed by atoms with Crippen LogP contribution in [0.4, 0.5) is 10.9 Å². The number of aromatic nitrogens is 1. The Balaban J connectivity index is 1.76. The Morgan fingerprint density at radius 2 is 2.00 bits per heavy atom. The van der Waals surface area contributed by atoms with Crippen LogP contribution in [0.25, 0.3) is 0 Å². The summed E-state index contributed by atoms with van der Waals surface area (Å²) in [5, 5.41) is 3.52. The zero-order valence-corrected chi connectivity index (χ0v) is 12.6. The maximum Gasteiger partial charge on any atom is 0.268 e. The van der Waals surface area contributed by atoms with E-state index in [2.05, 4.69) is 15.2 Å². The molecule has 114 valence electrons. The molecule has 0 radical (unpaired) electrons. The van der Waals surface area contributed by atoms with E-state index in [0.29, 0.717) is 18.0 Å². The molecule has 0 bridgehead atoms. The summed E-state index contributed by atoms with van der Waals surface area (Å²) >= 11 is 1.34. The van der Waals surface area contributed by atoms with Crippen LogP contribution in [0, 0.1) is 0 Å². The first-order chi connectivity index (χ1) is 10.1. The van der Waals surface area contributed by atoms with Crippen LogP contribution in [-0.4, -0.2) is 54.4 Å². The lowest BCUT2D eigenvalue weighted by atomic mass is 10.1. The molecule has 1 aromatic rings. The SMILES string of the molecule is Nc1nc(N2CCCCC2)sc1C(=O)N1CCNC(=O)C1. The maximum atomic E-state index is 12.5. The van der Waals surface area contributed by atoms with Gasteiger partial charge < -0.3 is 20.9 Å². The average Bonchev–Trinajstić information content (AvgIpc) is 2.89. The van der Waals surface area contributed by atoms with E-state index in [9.17, 15) is 9.59 Å². The lowest BCUT2D eigenvalue weighted by Crippen LogP contribution is -2.49. The van der Waals surface area contributed by atoms with Gasteiger partial charge in [0.15, 0.2) is 5.13 Å². The van der Waals surface area contributed by atoms with Gasteiger partial charge in [-0.3, -0.25) is 9.59 Å². The van der Waals surface area contributed by atoms with Crippen LogP contribution in [0.5, 0.6) is 0 Å². The summed E-state index contributed by atoms with van der Waals surface area (Å²) in [6.45, 7) is 3.03. The van der Waals surface area contributed by atoms with Crippen LogP contribution in [0.15, 0.2) is 0 Å². The summed E-state index contributed by atoms with van der Waals surface area (Å²) < 4.78 is 0. The second kappa shape index (κ2) is 5.88. The van der Waals surface area contributed by atoms with Gasteiger partial charge in [-0.05, 0) is 19.3 Å². The molecule has 0 unspecified atom stereocenters. The lowest BCUT2D eigenvalue weighted by molar-refractivity contribution is -0.123. The molecule has 1 aromatic heterocycles. The topological polar surface area (TPSA) is 91.6 Å². The monoisotopic (exact) mass is 309 g/mol. The Bertz CT molecular complexity index is 553. The van der Waals surface area contributed by atoms with Gasteiger partial charge in [0.05, 0.1) is 6.54 Å². The first-order valence-corrected chi connectivity index (χ1v) is 8.04. The lowest BCUT2D eigenvalue weighted by Gasteiger charge is -2.26. The Hall–Kier alpha value is -1.83. The number of nitrogen functional groups attached to an aromatic ring is 1. The summed E-state index contributed by atoms with van der Waals surface area (Å²) in [6, 6.07) is 0. The van der Waals surface area contributed by atoms with E-state index in [1.165, 1.54) is 22.7 Å². The van der Waals surface area contributed by atoms with E-state index in [4.69, 9.17) is 5.73 Å². The van der Waals surface area contributed by atoms with Crippen molar-refractivity contribution in [2.45, 2.75) is 19.3 Å². The highest BCUT2D eigenvalue weighted by atomic mass is 32.1. The summed E-state index contributed by atoms with van der Waals surface area (Å²) in [6.07, 6.45) is 3.54. The third-order valence-electron chi connectivity index (χ3n) is 3.79. The third-order valence-corrected chi connectivity index (χ3v) is 4.91. The Kier molecular flexibility index (Phi) is 3.96. The van der Waals surface area contributed by atoms with Crippen molar-refractivity contribution < 1.29 is 9.59 Å². The fourth-order valence-electron chi connectivity index (χ4n) is 2.65. The number of piperidine rings is 1. The highest BCUT2D eigenvalue weighted by molar-refractivity contribution is 7.18. The molecule has 2 aliphatic rings. The van der Waals surface area contributed by atoms with Gasteiger partial charge in [-0.2, -0.15) is 0 Å². The van der Waals surface area contributed by atoms with Gasteiger partial charge in [0.25, 0.3) is 5.91 Å². The smallest absolute Gasteiger partial charge is 0.268 e. The summed E-state index contributed by atoms with van der Waals surface area (Å²) in [4.78, 5) is 32.4. The van der Waals surface area contributed by atoms with Gasteiger partial charge in [0.2, 0.25) is 5.91 Å². The van der Waals surface area contributed by atoms with Gasteiger partial charge >= 0.3 is 0 Å². The van der Waals surface area contributed by atoms with E-state index in [-0.39, 0.29) is 24.2 Å². The minimum atomic E-state index is -0.192. The third kappa shape index (κ3) is 2.94. The standard InChI is InChI=1S/C13H19N5O2S/c14-11-10(12(20)18-7-4-15-9(19)8-18)21-13(16-11)17-5-2-1-3-6-17/h1-8,14H2,(H,15,19). The molecule has 3 N–H and O–H groups in total. The minimum Gasteiger partial charge on any atom is -0.382 e. The number of rotatable bonds is 2. The van der Waals surface area contributed by atoms with Gasteiger partial charge in [-0.1, -0.05) is 11.3 Å². The molecule has 0 saturated carbocycles. The van der Waals surface area contributed by atoms with Gasteiger partial charge in [-0.25, -0.2) is 4.98 Å². The molecule has 3 rings (SSSR count). The normalized spacial score (nSPS) is 19.5. The zero-order chi connectivity index (χ0) is 14.8. The van der Waals surface area contributed by atoms with Crippen molar-refractivity contribution in [2.24, 2.45) is 0 Å². The van der Waals surface area contributed by atoms with Crippen molar-refractivity contribution in [1.82, 2.24) is 15.2 Å². The second-order valence-corrected chi connectivity index (χ2v) is 6.31. The predicted octanol–water partition coefficient (Wildman–Crippen LogP) is 0.288. The van der Waals surface area contributed by atoms with E-state index in [1.807, 2.05) is 0 Å². The molecule has 3 heterocycles. The van der Waals surface area contributed by atoms with Crippen molar-refractivity contribution in [3.8, 4) is 0 Å². The molecule has 2 aliphatic heterocycles. The zero-order valence-electron chi connectivity index (χ0n) is 11.8. The molecule has 21 heavy (non-hydrogen) atoms. The van der Waals surface area contributed by atoms with E-state index < -0.39 is 0 Å². The number of nitrogens with two attached hydrogens (primary N) is 1. The second-order valence-electron chi connectivity index (χ2n) is 5.34. The molecular weight excluding hydrogens is 290 g/mol. The Labute approximate surface area is 127 Å². The van der Waals surface area contributed by atoms with Crippen LogP contribution >= 0.6 is 11.3 Å². The van der Waals surface area contributed by atoms with Crippen LogP contribution in [-0.2, 0) is 4.79 Å². The molecule has 0 aromatic carbocycles. The number of hydrogen-bond acceptors (Lipinski definition) is 6. The summed E-state index contributed by atoms with van der Waals surface area (Å²) in [5.74, 6) is -0.0476. The van der Waals surface area contributed by atoms with Crippen LogP contribution in [0.3, 0.4) is 0 Å². The van der Waals surface area contributed by atoms with Crippen molar-refractivity contribution in [1.29, 1.82) is 0 Å². The van der Waals surface area contributed by atoms with Crippen molar-refractivity contribution in [2.75, 3.05) is 43.4 Å².